The van der Waals surface area contributed by atoms with E-state index in [0.717, 1.165) is 17.7 Å². The van der Waals surface area contributed by atoms with E-state index in [1.54, 1.807) is 29.2 Å². The van der Waals surface area contributed by atoms with Crippen molar-refractivity contribution >= 4 is 29.0 Å². The number of nitrogens with one attached hydrogen (secondary N) is 1. The molecule has 9 nitrogen and oxygen atoms in total. The van der Waals surface area contributed by atoms with Crippen LogP contribution in [0.1, 0.15) is 30.9 Å². The Balaban J connectivity index is 1.75. The number of likely N-dealkylation sites (N-methyl/N-ethyl adjacent to an activating group) is 1. The fraction of sp³-hybridized carbons (Fsp3) is 0.393. The molecule has 1 unspecified atom stereocenters. The minimum Gasteiger partial charge on any atom is -0.872 e. The van der Waals surface area contributed by atoms with E-state index >= 15 is 0 Å². The zero-order valence-electron chi connectivity index (χ0n) is 21.3. The van der Waals surface area contributed by atoms with Crippen molar-refractivity contribution in [3.8, 4) is 11.5 Å². The molecule has 194 valence electrons. The summed E-state index contributed by atoms with van der Waals surface area (Å²) in [5, 5.41) is 14.1. The van der Waals surface area contributed by atoms with E-state index in [9.17, 15) is 19.5 Å². The van der Waals surface area contributed by atoms with Gasteiger partial charge in [0.05, 0.1) is 32.9 Å². The summed E-state index contributed by atoms with van der Waals surface area (Å²) in [7, 11) is 3.86. The van der Waals surface area contributed by atoms with Gasteiger partial charge in [-0.25, -0.2) is 0 Å². The smallest absolute Gasteiger partial charge is 0.296 e. The molecule has 0 aromatic heterocycles. The molecule has 0 radical (unpaired) electrons. The number of ether oxygens (including phenoxy) is 2. The summed E-state index contributed by atoms with van der Waals surface area (Å²) in [5.41, 5.74) is -0.849. The van der Waals surface area contributed by atoms with Crippen molar-refractivity contribution in [2.45, 2.75) is 25.3 Å². The molecule has 2 amide bonds. The number of ketones is 1. The van der Waals surface area contributed by atoms with Crippen LogP contribution in [0.15, 0.2) is 48.0 Å². The highest BCUT2D eigenvalue weighted by Gasteiger charge is 2.65. The molecule has 3 heterocycles. The Hall–Kier alpha value is -3.85. The van der Waals surface area contributed by atoms with E-state index in [1.165, 1.54) is 11.0 Å². The second-order valence-electron chi connectivity index (χ2n) is 9.84. The largest absolute Gasteiger partial charge is 0.872 e. The van der Waals surface area contributed by atoms with Crippen LogP contribution in [0.25, 0.3) is 5.76 Å². The third-order valence-electron chi connectivity index (χ3n) is 7.17. The molecule has 9 heteroatoms. The van der Waals surface area contributed by atoms with Gasteiger partial charge in [-0.3, -0.25) is 14.4 Å². The highest BCUT2D eigenvalue weighted by atomic mass is 16.6. The van der Waals surface area contributed by atoms with Gasteiger partial charge in [-0.15, -0.1) is 0 Å². The minimum atomic E-state index is -1.81. The van der Waals surface area contributed by atoms with Crippen molar-refractivity contribution in [2.75, 3.05) is 51.8 Å². The number of likely N-dealkylation sites (tertiary alicyclic amines) is 1. The van der Waals surface area contributed by atoms with Crippen molar-refractivity contribution in [3.63, 3.8) is 0 Å². The predicted molar refractivity (Wildman–Crippen MR) is 134 cm³/mol. The molecule has 0 bridgehead atoms. The maximum Gasteiger partial charge on any atom is 0.296 e. The number of hydrogen-bond acceptors (Lipinski definition) is 6. The summed E-state index contributed by atoms with van der Waals surface area (Å²) in [6, 6.07) is 11.8. The van der Waals surface area contributed by atoms with Crippen LogP contribution in [0.4, 0.5) is 5.69 Å². The Bertz CT molecular complexity index is 1300. The normalized spacial score (nSPS) is 21.9. The van der Waals surface area contributed by atoms with Gasteiger partial charge in [0, 0.05) is 17.7 Å². The molecule has 0 aliphatic carbocycles. The number of nitrogens with zero attached hydrogens (tertiary/aromatic N) is 2. The lowest BCUT2D eigenvalue weighted by atomic mass is 9.82. The van der Waals surface area contributed by atoms with E-state index < -0.39 is 28.9 Å². The lowest BCUT2D eigenvalue weighted by Crippen LogP contribution is -3.06. The summed E-state index contributed by atoms with van der Waals surface area (Å²) in [5.74, 6) is -1.97. The van der Waals surface area contributed by atoms with Gasteiger partial charge in [-0.05, 0) is 30.2 Å². The summed E-state index contributed by atoms with van der Waals surface area (Å²) in [6.07, 6.45) is 1.60. The number of benzene rings is 2. The maximum atomic E-state index is 14.4. The van der Waals surface area contributed by atoms with E-state index in [0.29, 0.717) is 49.1 Å². The number of Topliss-reactive ketones (excluding diaryl/α,β-unsaturated/α-hetero) is 1. The molecule has 1 atom stereocenters. The Morgan fingerprint density at radius 3 is 2.49 bits per heavy atom. The number of quaternary nitrogens is 1. The van der Waals surface area contributed by atoms with Crippen molar-refractivity contribution in [3.05, 3.63) is 59.2 Å². The van der Waals surface area contributed by atoms with Crippen molar-refractivity contribution in [2.24, 2.45) is 0 Å². The number of hydrogen-bond donors (Lipinski definition) is 1. The molecule has 2 aromatic carbocycles. The summed E-state index contributed by atoms with van der Waals surface area (Å²) in [6.45, 7) is 3.83. The van der Waals surface area contributed by atoms with Crippen LogP contribution in [0.3, 0.4) is 0 Å². The SMILES string of the molecule is CCCCN1C(=O)C2(/C(=C(\[O-])c3ccc4c(c3)OCCO4)C(=O)C(=O)N2CC[NH+](C)C)c2ccccc21. The monoisotopic (exact) mass is 505 g/mol. The first kappa shape index (κ1) is 24.8. The van der Waals surface area contributed by atoms with Crippen molar-refractivity contribution in [1.82, 2.24) is 4.90 Å². The number of carbonyl (C=O) groups is 3. The summed E-state index contributed by atoms with van der Waals surface area (Å²) in [4.78, 5) is 45.5. The third-order valence-corrected chi connectivity index (χ3v) is 7.17. The molecule has 1 fully saturated rings. The first-order valence-corrected chi connectivity index (χ1v) is 12.7. The summed E-state index contributed by atoms with van der Waals surface area (Å²) >= 11 is 0. The molecule has 0 saturated carbocycles. The molecule has 5 rings (SSSR count). The van der Waals surface area contributed by atoms with Crippen LogP contribution >= 0.6 is 0 Å². The molecular weight excluding hydrogens is 474 g/mol. The number of amides is 2. The van der Waals surface area contributed by atoms with Gasteiger partial charge in [-0.1, -0.05) is 43.4 Å². The van der Waals surface area contributed by atoms with Gasteiger partial charge in [0.1, 0.15) is 13.2 Å². The van der Waals surface area contributed by atoms with Gasteiger partial charge in [0.2, 0.25) is 5.78 Å². The van der Waals surface area contributed by atoms with Gasteiger partial charge >= 0.3 is 0 Å². The maximum absolute atomic E-state index is 14.4. The van der Waals surface area contributed by atoms with Crippen LogP contribution in [0.2, 0.25) is 0 Å². The quantitative estimate of drug-likeness (QED) is 0.326. The highest BCUT2D eigenvalue weighted by Crippen LogP contribution is 2.53. The fourth-order valence-corrected chi connectivity index (χ4v) is 5.36. The number of para-hydroxylation sites is 1. The van der Waals surface area contributed by atoms with Gasteiger partial charge in [-0.2, -0.15) is 0 Å². The molecule has 1 spiro atoms. The Morgan fingerprint density at radius 2 is 1.76 bits per heavy atom. The number of rotatable bonds is 7. The lowest BCUT2D eigenvalue weighted by Gasteiger charge is -2.36. The molecule has 1 saturated heterocycles. The molecule has 37 heavy (non-hydrogen) atoms. The van der Waals surface area contributed by atoms with E-state index in [1.807, 2.05) is 33.2 Å². The highest BCUT2D eigenvalue weighted by molar-refractivity contribution is 6.50. The van der Waals surface area contributed by atoms with Crippen LogP contribution in [-0.2, 0) is 19.9 Å². The van der Waals surface area contributed by atoms with Crippen LogP contribution in [-0.4, -0.2) is 69.4 Å². The van der Waals surface area contributed by atoms with Crippen molar-refractivity contribution in [1.29, 1.82) is 0 Å². The van der Waals surface area contributed by atoms with E-state index in [-0.39, 0.29) is 17.7 Å². The van der Waals surface area contributed by atoms with E-state index in [2.05, 4.69) is 0 Å². The Morgan fingerprint density at radius 1 is 1.03 bits per heavy atom. The molecule has 2 aromatic rings. The topological polar surface area (TPSA) is 104 Å². The van der Waals surface area contributed by atoms with Crippen molar-refractivity contribution < 1.29 is 33.9 Å². The van der Waals surface area contributed by atoms with Gasteiger partial charge in [0.15, 0.2) is 17.0 Å². The summed E-state index contributed by atoms with van der Waals surface area (Å²) < 4.78 is 11.2. The Kier molecular flexibility index (Phi) is 6.41. The van der Waals surface area contributed by atoms with Gasteiger partial charge in [0.25, 0.3) is 11.8 Å². The van der Waals surface area contributed by atoms with Gasteiger partial charge < -0.3 is 29.3 Å². The Labute approximate surface area is 215 Å². The first-order valence-electron chi connectivity index (χ1n) is 12.7. The predicted octanol–water partition coefficient (Wildman–Crippen LogP) is 0.127. The molecule has 3 aliphatic heterocycles. The number of unbranched alkanes of at least 4 members (excludes halogenated alkanes) is 1. The lowest BCUT2D eigenvalue weighted by molar-refractivity contribution is -0.857. The fourth-order valence-electron chi connectivity index (χ4n) is 5.36. The molecule has 3 aliphatic rings. The average molecular weight is 506 g/mol. The second-order valence-corrected chi connectivity index (χ2v) is 9.84. The molecular formula is C28H31N3O6. The first-order chi connectivity index (χ1) is 17.8. The van der Waals surface area contributed by atoms with Crippen LogP contribution in [0, 0.1) is 0 Å². The standard InChI is InChI=1S/C28H31N3O6/c1-4-5-12-30-20-9-7-6-8-19(20)28(27(30)35)23(25(33)26(34)31(28)14-13-29(2)3)24(32)18-10-11-21-22(17-18)37-16-15-36-21/h6-11,17,32H,4-5,12-16H2,1-3H3/b24-23-. The second kappa shape index (κ2) is 9.55. The zero-order chi connectivity index (χ0) is 26.3. The minimum absolute atomic E-state index is 0.145. The van der Waals surface area contributed by atoms with Crippen LogP contribution < -0.4 is 24.4 Å². The number of fused-ring (bicyclic) bond motifs is 3. The third kappa shape index (κ3) is 3.76. The van der Waals surface area contributed by atoms with Crippen LogP contribution in [0.5, 0.6) is 11.5 Å². The van der Waals surface area contributed by atoms with E-state index in [4.69, 9.17) is 9.47 Å². The molecule has 1 N–H and O–H groups in total. The average Bonchev–Trinajstić information content (AvgIpc) is 3.28. The number of anilines is 1. The zero-order valence-corrected chi connectivity index (χ0v) is 21.3. The number of carbonyl (C=O) groups excluding carboxylic acids is 3.